The average Bonchev–Trinajstić information content (AvgIpc) is 2.25. The molecule has 96 valence electrons. The third-order valence-corrected chi connectivity index (χ3v) is 3.67. The summed E-state index contributed by atoms with van der Waals surface area (Å²) < 4.78 is 4.80. The Morgan fingerprint density at radius 3 is 2.88 bits per heavy atom. The molecule has 0 fully saturated rings. The van der Waals surface area contributed by atoms with Crippen LogP contribution < -0.4 is 0 Å². The SMILES string of the molecule is CC(=O)O/C=C/C[C@@H]1C[C@@H](C(C)C)CC=C1C. The monoisotopic (exact) mass is 236 g/mol. The van der Waals surface area contributed by atoms with E-state index in [1.165, 1.54) is 31.6 Å². The molecule has 0 heterocycles. The van der Waals surface area contributed by atoms with E-state index in [1.54, 1.807) is 0 Å². The highest BCUT2D eigenvalue weighted by atomic mass is 16.5. The van der Waals surface area contributed by atoms with E-state index in [0.717, 1.165) is 18.3 Å². The summed E-state index contributed by atoms with van der Waals surface area (Å²) in [6.07, 6.45) is 9.30. The van der Waals surface area contributed by atoms with E-state index in [2.05, 4.69) is 26.8 Å². The van der Waals surface area contributed by atoms with Gasteiger partial charge in [0.2, 0.25) is 0 Å². The Hall–Kier alpha value is -1.05. The molecule has 0 aromatic carbocycles. The van der Waals surface area contributed by atoms with Gasteiger partial charge in [0.1, 0.15) is 0 Å². The van der Waals surface area contributed by atoms with Crippen molar-refractivity contribution in [1.82, 2.24) is 0 Å². The largest absolute Gasteiger partial charge is 0.435 e. The van der Waals surface area contributed by atoms with E-state index in [0.29, 0.717) is 5.92 Å². The van der Waals surface area contributed by atoms with E-state index >= 15 is 0 Å². The van der Waals surface area contributed by atoms with Crippen LogP contribution in [0, 0.1) is 17.8 Å². The zero-order chi connectivity index (χ0) is 12.8. The first kappa shape index (κ1) is 14.0. The third-order valence-electron chi connectivity index (χ3n) is 3.67. The van der Waals surface area contributed by atoms with Crippen molar-refractivity contribution >= 4 is 5.97 Å². The Bertz CT molecular complexity index is 313. The molecule has 0 saturated heterocycles. The molecule has 2 nitrogen and oxygen atoms in total. The number of carbonyl (C=O) groups is 1. The zero-order valence-corrected chi connectivity index (χ0v) is 11.4. The Kier molecular flexibility index (Phi) is 5.46. The number of ether oxygens (including phenoxy) is 1. The lowest BCUT2D eigenvalue weighted by atomic mass is 9.75. The predicted molar refractivity (Wildman–Crippen MR) is 70.3 cm³/mol. The molecule has 1 aliphatic carbocycles. The number of allylic oxidation sites excluding steroid dienone is 3. The molecule has 0 spiro atoms. The highest BCUT2D eigenvalue weighted by Crippen LogP contribution is 2.35. The molecule has 2 heteroatoms. The minimum absolute atomic E-state index is 0.253. The lowest BCUT2D eigenvalue weighted by Gasteiger charge is -2.30. The molecule has 2 atom stereocenters. The van der Waals surface area contributed by atoms with Crippen LogP contribution in [0.5, 0.6) is 0 Å². The van der Waals surface area contributed by atoms with Crippen LogP contribution in [-0.4, -0.2) is 5.97 Å². The van der Waals surface area contributed by atoms with Crippen LogP contribution >= 0.6 is 0 Å². The summed E-state index contributed by atoms with van der Waals surface area (Å²) in [7, 11) is 0. The molecular weight excluding hydrogens is 212 g/mol. The predicted octanol–water partition coefficient (Wildman–Crippen LogP) is 4.08. The van der Waals surface area contributed by atoms with Gasteiger partial charge in [0, 0.05) is 6.92 Å². The van der Waals surface area contributed by atoms with Gasteiger partial charge in [0.25, 0.3) is 0 Å². The van der Waals surface area contributed by atoms with Gasteiger partial charge < -0.3 is 4.74 Å². The van der Waals surface area contributed by atoms with Crippen molar-refractivity contribution in [2.45, 2.75) is 47.0 Å². The highest BCUT2D eigenvalue weighted by Gasteiger charge is 2.23. The molecule has 0 saturated carbocycles. The number of rotatable bonds is 4. The van der Waals surface area contributed by atoms with E-state index in [1.807, 2.05) is 6.08 Å². The Labute approximate surface area is 105 Å². The first-order chi connectivity index (χ1) is 8.00. The molecule has 0 amide bonds. The number of esters is 1. The standard InChI is InChI=1S/C15H24O2/c1-11(2)14-8-7-12(3)15(10-14)6-5-9-17-13(4)16/h5,7,9,11,14-15H,6,8,10H2,1-4H3/b9-5+/t14-,15+/m0/s1. The maximum atomic E-state index is 10.6. The second-order valence-electron chi connectivity index (χ2n) is 5.34. The third kappa shape index (κ3) is 4.76. The summed E-state index contributed by atoms with van der Waals surface area (Å²) in [5.74, 6) is 1.91. The van der Waals surface area contributed by atoms with Crippen molar-refractivity contribution in [1.29, 1.82) is 0 Å². The molecule has 0 aromatic heterocycles. The summed E-state index contributed by atoms with van der Waals surface area (Å²) in [4.78, 5) is 10.6. The van der Waals surface area contributed by atoms with Crippen molar-refractivity contribution in [3.8, 4) is 0 Å². The van der Waals surface area contributed by atoms with Crippen LogP contribution in [0.1, 0.15) is 47.0 Å². The highest BCUT2D eigenvalue weighted by molar-refractivity contribution is 5.66. The molecule has 1 rings (SSSR count). The summed E-state index contributed by atoms with van der Waals surface area (Å²) >= 11 is 0. The lowest BCUT2D eigenvalue weighted by molar-refractivity contribution is -0.135. The van der Waals surface area contributed by atoms with Crippen molar-refractivity contribution in [2.75, 3.05) is 0 Å². The fraction of sp³-hybridized carbons (Fsp3) is 0.667. The minimum atomic E-state index is -0.253. The molecule has 0 unspecified atom stereocenters. The van der Waals surface area contributed by atoms with Crippen LogP contribution in [0.15, 0.2) is 24.0 Å². The number of hydrogen-bond acceptors (Lipinski definition) is 2. The summed E-state index contributed by atoms with van der Waals surface area (Å²) in [6, 6.07) is 0. The van der Waals surface area contributed by atoms with E-state index in [4.69, 9.17) is 4.74 Å². The quantitative estimate of drug-likeness (QED) is 0.417. The molecule has 0 N–H and O–H groups in total. The first-order valence-corrected chi connectivity index (χ1v) is 6.49. The Morgan fingerprint density at radius 1 is 1.59 bits per heavy atom. The van der Waals surface area contributed by atoms with Gasteiger partial charge in [-0.15, -0.1) is 0 Å². The van der Waals surface area contributed by atoms with Crippen LogP contribution in [0.25, 0.3) is 0 Å². The van der Waals surface area contributed by atoms with Gasteiger partial charge in [-0.25, -0.2) is 0 Å². The van der Waals surface area contributed by atoms with Gasteiger partial charge in [-0.1, -0.05) is 25.5 Å². The first-order valence-electron chi connectivity index (χ1n) is 6.49. The topological polar surface area (TPSA) is 26.3 Å². The minimum Gasteiger partial charge on any atom is -0.435 e. The van der Waals surface area contributed by atoms with Crippen molar-refractivity contribution in [3.05, 3.63) is 24.0 Å². The van der Waals surface area contributed by atoms with Crippen molar-refractivity contribution in [3.63, 3.8) is 0 Å². The van der Waals surface area contributed by atoms with Crippen LogP contribution in [0.2, 0.25) is 0 Å². The number of hydrogen-bond donors (Lipinski definition) is 0. The van der Waals surface area contributed by atoms with Gasteiger partial charge in [0.05, 0.1) is 6.26 Å². The second kappa shape index (κ2) is 6.63. The van der Waals surface area contributed by atoms with Crippen LogP contribution in [0.3, 0.4) is 0 Å². The number of carbonyl (C=O) groups excluding carboxylic acids is 1. The van der Waals surface area contributed by atoms with E-state index in [9.17, 15) is 4.79 Å². The van der Waals surface area contributed by atoms with E-state index in [-0.39, 0.29) is 5.97 Å². The molecule has 1 aliphatic rings. The maximum absolute atomic E-state index is 10.6. The van der Waals surface area contributed by atoms with Gasteiger partial charge in [0.15, 0.2) is 0 Å². The zero-order valence-electron chi connectivity index (χ0n) is 11.4. The molecule has 0 bridgehead atoms. The fourth-order valence-corrected chi connectivity index (χ4v) is 2.34. The molecule has 0 aliphatic heterocycles. The smallest absolute Gasteiger partial charge is 0.307 e. The summed E-state index contributed by atoms with van der Waals surface area (Å²) in [6.45, 7) is 8.22. The van der Waals surface area contributed by atoms with E-state index < -0.39 is 0 Å². The Morgan fingerprint density at radius 2 is 2.29 bits per heavy atom. The molecule has 0 aromatic rings. The van der Waals surface area contributed by atoms with Crippen molar-refractivity contribution in [2.24, 2.45) is 17.8 Å². The lowest BCUT2D eigenvalue weighted by Crippen LogP contribution is -2.18. The summed E-state index contributed by atoms with van der Waals surface area (Å²) in [5, 5.41) is 0. The Balaban J connectivity index is 2.46. The van der Waals surface area contributed by atoms with Crippen LogP contribution in [-0.2, 0) is 9.53 Å². The average molecular weight is 236 g/mol. The van der Waals surface area contributed by atoms with Gasteiger partial charge in [-0.3, -0.25) is 4.79 Å². The molecular formula is C15H24O2. The summed E-state index contributed by atoms with van der Waals surface area (Å²) in [5.41, 5.74) is 1.48. The second-order valence-corrected chi connectivity index (χ2v) is 5.34. The normalized spacial score (nSPS) is 25.1. The van der Waals surface area contributed by atoms with Crippen molar-refractivity contribution < 1.29 is 9.53 Å². The van der Waals surface area contributed by atoms with Gasteiger partial charge >= 0.3 is 5.97 Å². The molecule has 0 radical (unpaired) electrons. The molecule has 17 heavy (non-hydrogen) atoms. The van der Waals surface area contributed by atoms with Gasteiger partial charge in [-0.2, -0.15) is 0 Å². The fourth-order valence-electron chi connectivity index (χ4n) is 2.34. The van der Waals surface area contributed by atoms with Crippen LogP contribution in [0.4, 0.5) is 0 Å². The maximum Gasteiger partial charge on any atom is 0.307 e. The van der Waals surface area contributed by atoms with Gasteiger partial charge in [-0.05, 0) is 50.0 Å².